The third-order valence-electron chi connectivity index (χ3n) is 4.16. The van der Waals surface area contributed by atoms with E-state index in [1.165, 1.54) is 18.2 Å². The molecule has 0 saturated carbocycles. The number of halogens is 2. The second-order valence-electron chi connectivity index (χ2n) is 6.26. The maximum atomic E-state index is 12.4. The molecule has 1 fully saturated rings. The molecular weight excluding hydrogens is 411 g/mol. The van der Waals surface area contributed by atoms with Gasteiger partial charge in [0.05, 0.1) is 27.9 Å². The number of nitrogens with zero attached hydrogens (tertiary/aromatic N) is 1. The Hall–Kier alpha value is -2.09. The van der Waals surface area contributed by atoms with E-state index in [0.29, 0.717) is 5.02 Å². The van der Waals surface area contributed by atoms with Gasteiger partial charge in [-0.15, -0.1) is 0 Å². The average molecular weight is 427 g/mol. The Labute approximate surface area is 167 Å². The maximum Gasteiger partial charge on any atom is 0.253 e. The van der Waals surface area contributed by atoms with Crippen LogP contribution >= 0.6 is 23.2 Å². The number of amides is 2. The van der Waals surface area contributed by atoms with Gasteiger partial charge in [-0.3, -0.25) is 9.59 Å². The van der Waals surface area contributed by atoms with Crippen LogP contribution in [0.3, 0.4) is 0 Å². The monoisotopic (exact) mass is 426 g/mol. The van der Waals surface area contributed by atoms with Crippen molar-refractivity contribution in [3.63, 3.8) is 0 Å². The second-order valence-corrected chi connectivity index (χ2v) is 8.96. The molecule has 1 saturated heterocycles. The lowest BCUT2D eigenvalue weighted by Crippen LogP contribution is -2.30. The number of benzene rings is 2. The van der Waals surface area contributed by atoms with E-state index >= 15 is 0 Å². The van der Waals surface area contributed by atoms with Crippen molar-refractivity contribution < 1.29 is 18.0 Å². The van der Waals surface area contributed by atoms with Crippen molar-refractivity contribution in [1.82, 2.24) is 5.32 Å². The van der Waals surface area contributed by atoms with E-state index in [0.717, 1.165) is 9.87 Å². The van der Waals surface area contributed by atoms with Gasteiger partial charge in [-0.2, -0.15) is 0 Å². The Kier molecular flexibility index (Phi) is 5.46. The minimum atomic E-state index is -3.72. The van der Waals surface area contributed by atoms with Gasteiger partial charge in [-0.05, 0) is 35.9 Å². The molecule has 1 unspecified atom stereocenters. The number of hydrogen-bond acceptors (Lipinski definition) is 4. The summed E-state index contributed by atoms with van der Waals surface area (Å²) >= 11 is 12.0. The zero-order valence-corrected chi connectivity index (χ0v) is 16.6. The van der Waals surface area contributed by atoms with E-state index < -0.39 is 27.8 Å². The summed E-state index contributed by atoms with van der Waals surface area (Å²) in [7, 11) is -3.72. The highest BCUT2D eigenvalue weighted by Crippen LogP contribution is 2.31. The van der Waals surface area contributed by atoms with Crippen LogP contribution in [0.2, 0.25) is 10.0 Å². The van der Waals surface area contributed by atoms with Crippen LogP contribution in [0.1, 0.15) is 22.8 Å². The standard InChI is InChI=1S/C18H16Cl2N2O4S/c1-11-10-27(25,26)22(18(11)24)14-6-7-15(16(20)8-14)17(23)21-9-12-2-4-13(19)5-3-12/h2-8,11H,9-10H2,1H3,(H,21,23). The number of anilines is 1. The molecule has 0 aliphatic carbocycles. The van der Waals surface area contributed by atoms with Crippen LogP contribution in [0.25, 0.3) is 0 Å². The van der Waals surface area contributed by atoms with Crippen LogP contribution < -0.4 is 9.62 Å². The number of sulfonamides is 1. The normalized spacial score (nSPS) is 18.6. The lowest BCUT2D eigenvalue weighted by molar-refractivity contribution is -0.119. The molecule has 1 aliphatic rings. The Morgan fingerprint density at radius 3 is 2.41 bits per heavy atom. The van der Waals surface area contributed by atoms with Crippen LogP contribution in [0, 0.1) is 5.92 Å². The fourth-order valence-corrected chi connectivity index (χ4v) is 4.98. The lowest BCUT2D eigenvalue weighted by atomic mass is 10.1. The molecule has 0 radical (unpaired) electrons. The van der Waals surface area contributed by atoms with Crippen LogP contribution in [0.15, 0.2) is 42.5 Å². The molecule has 1 atom stereocenters. The number of hydrogen-bond donors (Lipinski definition) is 1. The minimum absolute atomic E-state index is 0.0589. The first kappa shape index (κ1) is 19.7. The highest BCUT2D eigenvalue weighted by atomic mass is 35.5. The third kappa shape index (κ3) is 4.10. The maximum absolute atomic E-state index is 12.4. The van der Waals surface area contributed by atoms with Gasteiger partial charge in [0.25, 0.3) is 5.91 Å². The average Bonchev–Trinajstić information content (AvgIpc) is 2.81. The van der Waals surface area contributed by atoms with Gasteiger partial charge in [0.15, 0.2) is 0 Å². The van der Waals surface area contributed by atoms with Crippen LogP contribution in [0.4, 0.5) is 5.69 Å². The first-order chi connectivity index (χ1) is 12.7. The van der Waals surface area contributed by atoms with E-state index in [1.807, 2.05) is 0 Å². The molecule has 2 aromatic carbocycles. The molecule has 0 spiro atoms. The quantitative estimate of drug-likeness (QED) is 0.812. The molecule has 1 N–H and O–H groups in total. The van der Waals surface area contributed by atoms with E-state index in [9.17, 15) is 18.0 Å². The Bertz CT molecular complexity index is 1010. The fraction of sp³-hybridized carbons (Fsp3) is 0.222. The number of rotatable bonds is 4. The molecule has 2 amide bonds. The van der Waals surface area contributed by atoms with Crippen molar-refractivity contribution in [3.05, 3.63) is 63.6 Å². The summed E-state index contributed by atoms with van der Waals surface area (Å²) in [6.07, 6.45) is 0. The van der Waals surface area contributed by atoms with Crippen LogP contribution in [-0.2, 0) is 21.4 Å². The van der Waals surface area contributed by atoms with E-state index in [2.05, 4.69) is 5.32 Å². The van der Waals surface area contributed by atoms with E-state index in [4.69, 9.17) is 23.2 Å². The third-order valence-corrected chi connectivity index (χ3v) is 6.59. The van der Waals surface area contributed by atoms with Crippen molar-refractivity contribution in [2.45, 2.75) is 13.5 Å². The highest BCUT2D eigenvalue weighted by molar-refractivity contribution is 7.94. The molecule has 1 aliphatic heterocycles. The van der Waals surface area contributed by atoms with Crippen LogP contribution in [0.5, 0.6) is 0 Å². The predicted octanol–water partition coefficient (Wildman–Crippen LogP) is 3.24. The molecule has 0 aromatic heterocycles. The van der Waals surface area contributed by atoms with Gasteiger partial charge < -0.3 is 5.32 Å². The lowest BCUT2D eigenvalue weighted by Gasteiger charge is -2.16. The highest BCUT2D eigenvalue weighted by Gasteiger charge is 2.42. The summed E-state index contributed by atoms with van der Waals surface area (Å²) in [4.78, 5) is 24.5. The Morgan fingerprint density at radius 2 is 1.85 bits per heavy atom. The SMILES string of the molecule is CC1CS(=O)(=O)N(c2ccc(C(=O)NCc3ccc(Cl)cc3)c(Cl)c2)C1=O. The molecule has 9 heteroatoms. The van der Waals surface area contributed by atoms with Gasteiger partial charge in [0.1, 0.15) is 0 Å². The van der Waals surface area contributed by atoms with Gasteiger partial charge in [-0.1, -0.05) is 42.3 Å². The molecule has 2 aromatic rings. The zero-order chi connectivity index (χ0) is 19.8. The minimum Gasteiger partial charge on any atom is -0.348 e. The molecule has 27 heavy (non-hydrogen) atoms. The number of carbonyl (C=O) groups excluding carboxylic acids is 2. The molecule has 6 nitrogen and oxygen atoms in total. The van der Waals surface area contributed by atoms with Crippen molar-refractivity contribution in [3.8, 4) is 0 Å². The predicted molar refractivity (Wildman–Crippen MR) is 105 cm³/mol. The Morgan fingerprint density at radius 1 is 1.19 bits per heavy atom. The van der Waals surface area contributed by atoms with Crippen molar-refractivity contribution in [2.75, 3.05) is 10.1 Å². The van der Waals surface area contributed by atoms with Gasteiger partial charge in [0.2, 0.25) is 15.9 Å². The summed E-state index contributed by atoms with van der Waals surface area (Å²) in [5, 5.41) is 3.39. The van der Waals surface area contributed by atoms with Gasteiger partial charge >= 0.3 is 0 Å². The van der Waals surface area contributed by atoms with E-state index in [1.54, 1.807) is 31.2 Å². The largest absolute Gasteiger partial charge is 0.348 e. The van der Waals surface area contributed by atoms with Crippen molar-refractivity contribution in [2.24, 2.45) is 5.92 Å². The van der Waals surface area contributed by atoms with E-state index in [-0.39, 0.29) is 28.6 Å². The topological polar surface area (TPSA) is 83.6 Å². The van der Waals surface area contributed by atoms with Crippen molar-refractivity contribution >= 4 is 50.7 Å². The summed E-state index contributed by atoms with van der Waals surface area (Å²) in [6.45, 7) is 1.84. The molecular formula is C18H16Cl2N2O4S. The smallest absolute Gasteiger partial charge is 0.253 e. The zero-order valence-electron chi connectivity index (χ0n) is 14.3. The first-order valence-corrected chi connectivity index (χ1v) is 10.4. The summed E-state index contributed by atoms with van der Waals surface area (Å²) in [5.74, 6) is -1.78. The molecule has 3 rings (SSSR count). The molecule has 0 bridgehead atoms. The van der Waals surface area contributed by atoms with Gasteiger partial charge in [0, 0.05) is 11.6 Å². The molecule has 142 valence electrons. The first-order valence-electron chi connectivity index (χ1n) is 8.08. The molecule has 1 heterocycles. The number of nitrogens with one attached hydrogen (secondary N) is 1. The summed E-state index contributed by atoms with van der Waals surface area (Å²) in [5.41, 5.74) is 1.18. The number of carbonyl (C=O) groups is 2. The Balaban J connectivity index is 1.77. The van der Waals surface area contributed by atoms with Gasteiger partial charge in [-0.25, -0.2) is 12.7 Å². The summed E-state index contributed by atoms with van der Waals surface area (Å²) in [6, 6.07) is 11.1. The van der Waals surface area contributed by atoms with Crippen LogP contribution in [-0.4, -0.2) is 26.0 Å². The fourth-order valence-electron chi connectivity index (χ4n) is 2.78. The van der Waals surface area contributed by atoms with Crippen molar-refractivity contribution in [1.29, 1.82) is 0 Å². The second kappa shape index (κ2) is 7.50. The summed E-state index contributed by atoms with van der Waals surface area (Å²) < 4.78 is 25.1.